The summed E-state index contributed by atoms with van der Waals surface area (Å²) in [4.78, 5) is 0. The molecule has 0 saturated carbocycles. The summed E-state index contributed by atoms with van der Waals surface area (Å²) in [7, 11) is -1.31. The van der Waals surface area contributed by atoms with Gasteiger partial charge in [0.05, 0.1) is 14.3 Å². The molecule has 21 heavy (non-hydrogen) atoms. The molecule has 2 aromatic rings. The summed E-state index contributed by atoms with van der Waals surface area (Å²) in [6.07, 6.45) is 6.16. The third kappa shape index (κ3) is 4.47. The Balaban J connectivity index is 1.92. The molecule has 0 unspecified atom stereocenters. The maximum atomic E-state index is 5.37. The second-order valence-electron chi connectivity index (χ2n) is 6.69. The van der Waals surface area contributed by atoms with Crippen LogP contribution in [0.2, 0.25) is 19.6 Å². The smallest absolute Gasteiger partial charge is 0.103 e. The van der Waals surface area contributed by atoms with Gasteiger partial charge in [0, 0.05) is 6.42 Å². The Morgan fingerprint density at radius 2 is 1.81 bits per heavy atom. The number of aryl methyl sites for hydroxylation is 1. The topological polar surface area (TPSA) is 13.1 Å². The minimum absolute atomic E-state index is 1.02. The van der Waals surface area contributed by atoms with Crippen LogP contribution in [0.4, 0.5) is 0 Å². The number of allylic oxidation sites excluding steroid dienone is 1. The SMILES string of the molecule is C=C(CCCCc1ccco1)c1ccccc1[Si](C)(C)C. The van der Waals surface area contributed by atoms with Crippen molar-refractivity contribution in [2.45, 2.75) is 45.3 Å². The van der Waals surface area contributed by atoms with Gasteiger partial charge >= 0.3 is 0 Å². The summed E-state index contributed by atoms with van der Waals surface area (Å²) < 4.78 is 5.37. The monoisotopic (exact) mass is 298 g/mol. The molecule has 2 heteroatoms. The van der Waals surface area contributed by atoms with Crippen molar-refractivity contribution in [2.24, 2.45) is 0 Å². The van der Waals surface area contributed by atoms with Crippen LogP contribution >= 0.6 is 0 Å². The molecule has 1 heterocycles. The standard InChI is InChI=1S/C19H26OSi/c1-16(10-5-6-11-17-12-9-15-20-17)18-13-7-8-14-19(18)21(2,3)4/h7-9,12-15H,1,5-6,10-11H2,2-4H3. The lowest BCUT2D eigenvalue weighted by atomic mass is 10.0. The van der Waals surface area contributed by atoms with Gasteiger partial charge in [-0.1, -0.05) is 55.7 Å². The van der Waals surface area contributed by atoms with Gasteiger partial charge in [0.2, 0.25) is 0 Å². The fraction of sp³-hybridized carbons (Fsp3) is 0.368. The predicted octanol–water partition coefficient (Wildman–Crippen LogP) is 5.25. The highest BCUT2D eigenvalue weighted by atomic mass is 28.3. The molecule has 0 aliphatic heterocycles. The molecule has 1 aromatic carbocycles. The summed E-state index contributed by atoms with van der Waals surface area (Å²) in [5.74, 6) is 1.09. The van der Waals surface area contributed by atoms with E-state index in [0.717, 1.165) is 25.0 Å². The minimum Gasteiger partial charge on any atom is -0.469 e. The van der Waals surface area contributed by atoms with E-state index in [9.17, 15) is 0 Å². The van der Waals surface area contributed by atoms with Gasteiger partial charge in [-0.2, -0.15) is 0 Å². The quantitative estimate of drug-likeness (QED) is 0.502. The Labute approximate surface area is 129 Å². The van der Waals surface area contributed by atoms with Crippen molar-refractivity contribution >= 4 is 18.8 Å². The normalized spacial score (nSPS) is 11.6. The molecule has 0 bridgehead atoms. The maximum Gasteiger partial charge on any atom is 0.103 e. The molecule has 1 nitrogen and oxygen atoms in total. The zero-order chi connectivity index (χ0) is 15.3. The first-order valence-corrected chi connectivity index (χ1v) is 11.3. The molecule has 0 aliphatic rings. The summed E-state index contributed by atoms with van der Waals surface area (Å²) in [5.41, 5.74) is 2.67. The molecule has 0 fully saturated rings. The van der Waals surface area contributed by atoms with Crippen molar-refractivity contribution in [1.29, 1.82) is 0 Å². The molecule has 1 aromatic heterocycles. The van der Waals surface area contributed by atoms with E-state index < -0.39 is 8.07 Å². The molecule has 0 N–H and O–H groups in total. The molecule has 112 valence electrons. The van der Waals surface area contributed by atoms with Crippen molar-refractivity contribution in [3.63, 3.8) is 0 Å². The Morgan fingerprint density at radius 3 is 2.48 bits per heavy atom. The molecular formula is C19H26OSi. The first-order chi connectivity index (χ1) is 9.98. The van der Waals surface area contributed by atoms with E-state index in [-0.39, 0.29) is 0 Å². The van der Waals surface area contributed by atoms with Crippen molar-refractivity contribution in [1.82, 2.24) is 0 Å². The van der Waals surface area contributed by atoms with Crippen LogP contribution in [0.25, 0.3) is 5.57 Å². The second kappa shape index (κ2) is 6.95. The molecule has 0 amide bonds. The Morgan fingerprint density at radius 1 is 1.05 bits per heavy atom. The van der Waals surface area contributed by atoms with Crippen LogP contribution in [-0.2, 0) is 6.42 Å². The minimum atomic E-state index is -1.31. The van der Waals surface area contributed by atoms with Crippen LogP contribution in [0, 0.1) is 0 Å². The third-order valence-corrected chi connectivity index (χ3v) is 5.90. The summed E-state index contributed by atoms with van der Waals surface area (Å²) in [6.45, 7) is 11.5. The van der Waals surface area contributed by atoms with Gasteiger partial charge in [0.1, 0.15) is 5.76 Å². The van der Waals surface area contributed by atoms with Crippen molar-refractivity contribution in [2.75, 3.05) is 0 Å². The first kappa shape index (κ1) is 15.8. The van der Waals surface area contributed by atoms with Gasteiger partial charge in [0.15, 0.2) is 0 Å². The highest BCUT2D eigenvalue weighted by molar-refractivity contribution is 6.89. The van der Waals surface area contributed by atoms with Crippen LogP contribution in [0.1, 0.15) is 30.6 Å². The third-order valence-electron chi connectivity index (χ3n) is 3.85. The molecule has 0 aliphatic carbocycles. The van der Waals surface area contributed by atoms with Gasteiger partial charge in [-0.15, -0.1) is 0 Å². The average Bonchev–Trinajstić information content (AvgIpc) is 2.95. The van der Waals surface area contributed by atoms with Crippen molar-refractivity contribution in [3.8, 4) is 0 Å². The van der Waals surface area contributed by atoms with Gasteiger partial charge in [-0.25, -0.2) is 0 Å². The second-order valence-corrected chi connectivity index (χ2v) is 11.7. The molecular weight excluding hydrogens is 272 g/mol. The van der Waals surface area contributed by atoms with Gasteiger partial charge in [0.25, 0.3) is 0 Å². The molecule has 2 rings (SSSR count). The number of furan rings is 1. The number of unbranched alkanes of at least 4 members (excludes halogenated alkanes) is 1. The van der Waals surface area contributed by atoms with E-state index in [1.165, 1.54) is 22.7 Å². The summed E-state index contributed by atoms with van der Waals surface area (Å²) in [6, 6.07) is 12.8. The fourth-order valence-electron chi connectivity index (χ4n) is 2.67. The Hall–Kier alpha value is -1.54. The van der Waals surface area contributed by atoms with Crippen LogP contribution in [0.15, 0.2) is 53.7 Å². The van der Waals surface area contributed by atoms with Crippen LogP contribution < -0.4 is 5.19 Å². The lowest BCUT2D eigenvalue weighted by Crippen LogP contribution is -2.39. The zero-order valence-corrected chi connectivity index (χ0v) is 14.5. The van der Waals surface area contributed by atoms with Crippen LogP contribution in [0.5, 0.6) is 0 Å². The Kier molecular flexibility index (Phi) is 5.24. The van der Waals surface area contributed by atoms with Gasteiger partial charge in [-0.05, 0) is 42.5 Å². The van der Waals surface area contributed by atoms with E-state index in [4.69, 9.17) is 4.42 Å². The van der Waals surface area contributed by atoms with Gasteiger partial charge in [-0.3, -0.25) is 0 Å². The lowest BCUT2D eigenvalue weighted by Gasteiger charge is -2.22. The van der Waals surface area contributed by atoms with E-state index >= 15 is 0 Å². The summed E-state index contributed by atoms with van der Waals surface area (Å²) >= 11 is 0. The number of rotatable bonds is 7. The van der Waals surface area contributed by atoms with E-state index in [2.05, 4.69) is 56.6 Å². The number of hydrogen-bond acceptors (Lipinski definition) is 1. The first-order valence-electron chi connectivity index (χ1n) is 7.78. The van der Waals surface area contributed by atoms with Crippen LogP contribution in [0.3, 0.4) is 0 Å². The largest absolute Gasteiger partial charge is 0.469 e. The maximum absolute atomic E-state index is 5.37. The number of hydrogen-bond donors (Lipinski definition) is 0. The Bertz CT molecular complexity index is 576. The van der Waals surface area contributed by atoms with E-state index in [1.807, 2.05) is 6.07 Å². The molecule has 0 spiro atoms. The van der Waals surface area contributed by atoms with Crippen molar-refractivity contribution in [3.05, 3.63) is 60.6 Å². The van der Waals surface area contributed by atoms with E-state index in [0.29, 0.717) is 0 Å². The highest BCUT2D eigenvalue weighted by Gasteiger charge is 2.20. The predicted molar refractivity (Wildman–Crippen MR) is 94.7 cm³/mol. The average molecular weight is 299 g/mol. The van der Waals surface area contributed by atoms with Crippen LogP contribution in [-0.4, -0.2) is 8.07 Å². The van der Waals surface area contributed by atoms with Crippen molar-refractivity contribution < 1.29 is 4.42 Å². The molecule has 0 radical (unpaired) electrons. The van der Waals surface area contributed by atoms with Gasteiger partial charge < -0.3 is 4.42 Å². The molecule has 0 atom stereocenters. The highest BCUT2D eigenvalue weighted by Crippen LogP contribution is 2.20. The summed E-state index contributed by atoms with van der Waals surface area (Å²) in [5, 5.41) is 1.53. The molecule has 0 saturated heterocycles. The number of benzene rings is 1. The fourth-order valence-corrected chi connectivity index (χ4v) is 4.34. The van der Waals surface area contributed by atoms with E-state index in [1.54, 1.807) is 6.26 Å². The lowest BCUT2D eigenvalue weighted by molar-refractivity contribution is 0.499. The zero-order valence-electron chi connectivity index (χ0n) is 13.5.